The van der Waals surface area contributed by atoms with Crippen molar-refractivity contribution in [2.24, 2.45) is 11.8 Å². The van der Waals surface area contributed by atoms with Gasteiger partial charge in [-0.05, 0) is 62.3 Å². The van der Waals surface area contributed by atoms with Crippen molar-refractivity contribution < 1.29 is 8.42 Å². The molecule has 21 heavy (non-hydrogen) atoms. The Kier molecular flexibility index (Phi) is 4.91. The van der Waals surface area contributed by atoms with Gasteiger partial charge in [-0.15, -0.1) is 0 Å². The summed E-state index contributed by atoms with van der Waals surface area (Å²) < 4.78 is 27.6. The zero-order valence-electron chi connectivity index (χ0n) is 13.0. The second kappa shape index (κ2) is 6.34. The zero-order valence-corrected chi connectivity index (χ0v) is 13.8. The number of nitrogens with one attached hydrogen (secondary N) is 1. The van der Waals surface area contributed by atoms with Gasteiger partial charge >= 0.3 is 0 Å². The van der Waals surface area contributed by atoms with Crippen LogP contribution < -0.4 is 11.3 Å². The fourth-order valence-electron chi connectivity index (χ4n) is 3.05. The van der Waals surface area contributed by atoms with Crippen molar-refractivity contribution in [2.75, 3.05) is 18.5 Å². The Morgan fingerprint density at radius 2 is 1.81 bits per heavy atom. The summed E-state index contributed by atoms with van der Waals surface area (Å²) in [5, 5.41) is 0. The number of nitrogens with two attached hydrogens (primary N) is 1. The van der Waals surface area contributed by atoms with Crippen molar-refractivity contribution >= 4 is 15.7 Å². The largest absolute Gasteiger partial charge is 0.324 e. The van der Waals surface area contributed by atoms with Crippen LogP contribution >= 0.6 is 0 Å². The van der Waals surface area contributed by atoms with Crippen molar-refractivity contribution in [3.8, 4) is 0 Å². The number of nitrogens with zero attached hydrogens (tertiary/aromatic N) is 1. The number of benzene rings is 1. The molecule has 1 aromatic carbocycles. The molecule has 2 rings (SSSR count). The van der Waals surface area contributed by atoms with E-state index >= 15 is 0 Å². The number of hydrogen-bond donors (Lipinski definition) is 2. The van der Waals surface area contributed by atoms with Crippen LogP contribution in [0.25, 0.3) is 0 Å². The van der Waals surface area contributed by atoms with E-state index in [2.05, 4.69) is 12.3 Å². The predicted octanol–water partition coefficient (Wildman–Crippen LogP) is 2.40. The molecule has 0 bridgehead atoms. The summed E-state index contributed by atoms with van der Waals surface area (Å²) in [5.74, 6) is 6.01. The number of hydrogen-bond acceptors (Lipinski definition) is 4. The van der Waals surface area contributed by atoms with E-state index in [9.17, 15) is 8.42 Å². The first kappa shape index (κ1) is 16.3. The number of hydrazine groups is 1. The van der Waals surface area contributed by atoms with Gasteiger partial charge in [-0.25, -0.2) is 8.42 Å². The van der Waals surface area contributed by atoms with Crippen molar-refractivity contribution in [3.05, 3.63) is 23.3 Å². The first-order valence-electron chi connectivity index (χ1n) is 7.44. The SMILES string of the molecule is Cc1cc(NN)cc(C)c1S(=O)(=O)N1CCCC(C)CC1. The van der Waals surface area contributed by atoms with Crippen LogP contribution in [-0.4, -0.2) is 25.8 Å². The fourth-order valence-corrected chi connectivity index (χ4v) is 4.95. The van der Waals surface area contributed by atoms with E-state index in [1.165, 1.54) is 0 Å². The summed E-state index contributed by atoms with van der Waals surface area (Å²) in [7, 11) is -3.43. The Morgan fingerprint density at radius 1 is 1.19 bits per heavy atom. The highest BCUT2D eigenvalue weighted by Crippen LogP contribution is 2.29. The summed E-state index contributed by atoms with van der Waals surface area (Å²) >= 11 is 0. The second-order valence-corrected chi connectivity index (χ2v) is 7.90. The van der Waals surface area contributed by atoms with Gasteiger partial charge in [0, 0.05) is 18.8 Å². The number of rotatable bonds is 3. The van der Waals surface area contributed by atoms with E-state index in [1.807, 2.05) is 13.8 Å². The van der Waals surface area contributed by atoms with Crippen molar-refractivity contribution in [3.63, 3.8) is 0 Å². The zero-order chi connectivity index (χ0) is 15.6. The van der Waals surface area contributed by atoms with E-state index < -0.39 is 10.0 Å². The van der Waals surface area contributed by atoms with E-state index in [4.69, 9.17) is 5.84 Å². The van der Waals surface area contributed by atoms with Crippen LogP contribution in [0.5, 0.6) is 0 Å². The Labute approximate surface area is 127 Å². The molecule has 0 spiro atoms. The van der Waals surface area contributed by atoms with Crippen molar-refractivity contribution in [1.82, 2.24) is 4.31 Å². The number of anilines is 1. The smallest absolute Gasteiger partial charge is 0.243 e. The van der Waals surface area contributed by atoms with Crippen LogP contribution in [0.3, 0.4) is 0 Å². The standard InChI is InChI=1S/C15H25N3O2S/c1-11-5-4-7-18(8-6-11)21(19,20)15-12(2)9-14(17-16)10-13(15)3/h9-11,17H,4-8,16H2,1-3H3. The van der Waals surface area contributed by atoms with Gasteiger partial charge < -0.3 is 5.43 Å². The summed E-state index contributed by atoms with van der Waals surface area (Å²) in [5.41, 5.74) is 4.78. The number of aryl methyl sites for hydroxylation is 2. The minimum Gasteiger partial charge on any atom is -0.324 e. The number of nitrogen functional groups attached to an aromatic ring is 1. The Balaban J connectivity index is 2.39. The molecule has 118 valence electrons. The molecule has 1 aliphatic heterocycles. The Hall–Kier alpha value is -1.11. The third-order valence-electron chi connectivity index (χ3n) is 4.20. The lowest BCUT2D eigenvalue weighted by Crippen LogP contribution is -2.33. The highest BCUT2D eigenvalue weighted by molar-refractivity contribution is 7.89. The minimum absolute atomic E-state index is 0.427. The Bertz CT molecular complexity index is 590. The molecule has 1 unspecified atom stereocenters. The summed E-state index contributed by atoms with van der Waals surface area (Å²) in [6.45, 7) is 7.05. The molecule has 1 heterocycles. The minimum atomic E-state index is -3.43. The quantitative estimate of drug-likeness (QED) is 0.664. The van der Waals surface area contributed by atoms with Crippen molar-refractivity contribution in [2.45, 2.75) is 44.9 Å². The molecular weight excluding hydrogens is 286 g/mol. The maximum Gasteiger partial charge on any atom is 0.243 e. The monoisotopic (exact) mass is 311 g/mol. The molecule has 1 fully saturated rings. The molecule has 0 amide bonds. The fraction of sp³-hybridized carbons (Fsp3) is 0.600. The van der Waals surface area contributed by atoms with Crippen LogP contribution in [0.15, 0.2) is 17.0 Å². The van der Waals surface area contributed by atoms with Crippen LogP contribution in [0.4, 0.5) is 5.69 Å². The van der Waals surface area contributed by atoms with Crippen LogP contribution in [0, 0.1) is 19.8 Å². The molecule has 1 saturated heterocycles. The summed E-state index contributed by atoms with van der Waals surface area (Å²) in [6, 6.07) is 3.56. The molecule has 0 aromatic heterocycles. The molecule has 5 nitrogen and oxygen atoms in total. The average Bonchev–Trinajstić information content (AvgIpc) is 2.62. The van der Waals surface area contributed by atoms with Gasteiger partial charge in [0.05, 0.1) is 4.90 Å². The predicted molar refractivity (Wildman–Crippen MR) is 85.5 cm³/mol. The molecule has 0 aliphatic carbocycles. The Morgan fingerprint density at radius 3 is 2.38 bits per heavy atom. The maximum atomic E-state index is 13.0. The molecule has 1 aromatic rings. The molecule has 6 heteroatoms. The molecule has 1 aliphatic rings. The molecular formula is C15H25N3O2S. The molecule has 1 atom stereocenters. The third-order valence-corrected chi connectivity index (χ3v) is 6.41. The van der Waals surface area contributed by atoms with Gasteiger partial charge in [-0.2, -0.15) is 4.31 Å². The first-order valence-corrected chi connectivity index (χ1v) is 8.88. The van der Waals surface area contributed by atoms with Gasteiger partial charge in [0.1, 0.15) is 0 Å². The lowest BCUT2D eigenvalue weighted by atomic mass is 10.0. The van der Waals surface area contributed by atoms with E-state index in [-0.39, 0.29) is 0 Å². The molecule has 0 saturated carbocycles. The van der Waals surface area contributed by atoms with Crippen LogP contribution in [0.1, 0.15) is 37.3 Å². The van der Waals surface area contributed by atoms with E-state index in [0.29, 0.717) is 23.9 Å². The topological polar surface area (TPSA) is 75.4 Å². The van der Waals surface area contributed by atoms with Gasteiger partial charge in [0.15, 0.2) is 0 Å². The lowest BCUT2D eigenvalue weighted by Gasteiger charge is -2.23. The molecule has 3 N–H and O–H groups in total. The van der Waals surface area contributed by atoms with E-state index in [0.717, 1.165) is 36.1 Å². The lowest BCUT2D eigenvalue weighted by molar-refractivity contribution is 0.416. The van der Waals surface area contributed by atoms with Gasteiger partial charge in [-0.3, -0.25) is 5.84 Å². The van der Waals surface area contributed by atoms with Crippen LogP contribution in [-0.2, 0) is 10.0 Å². The molecule has 0 radical (unpaired) electrons. The van der Waals surface area contributed by atoms with E-state index in [1.54, 1.807) is 16.4 Å². The van der Waals surface area contributed by atoms with Gasteiger partial charge in [0.25, 0.3) is 0 Å². The van der Waals surface area contributed by atoms with Gasteiger partial charge in [0.2, 0.25) is 10.0 Å². The maximum absolute atomic E-state index is 13.0. The highest BCUT2D eigenvalue weighted by atomic mass is 32.2. The average molecular weight is 311 g/mol. The van der Waals surface area contributed by atoms with Crippen LogP contribution in [0.2, 0.25) is 0 Å². The summed E-state index contributed by atoms with van der Waals surface area (Å²) in [6.07, 6.45) is 2.96. The second-order valence-electron chi connectivity index (χ2n) is 6.02. The third kappa shape index (κ3) is 3.39. The van der Waals surface area contributed by atoms with Crippen molar-refractivity contribution in [1.29, 1.82) is 0 Å². The first-order chi connectivity index (χ1) is 9.86. The normalized spacial score (nSPS) is 21.0. The summed E-state index contributed by atoms with van der Waals surface area (Å²) in [4.78, 5) is 0.427. The highest BCUT2D eigenvalue weighted by Gasteiger charge is 2.29. The number of sulfonamides is 1. The van der Waals surface area contributed by atoms with Gasteiger partial charge in [-0.1, -0.05) is 6.92 Å².